The quantitative estimate of drug-likeness (QED) is 0.654. The van der Waals surface area contributed by atoms with Crippen LogP contribution in [0.4, 0.5) is 4.79 Å². The van der Waals surface area contributed by atoms with Crippen molar-refractivity contribution in [1.29, 1.82) is 0 Å². The van der Waals surface area contributed by atoms with Gasteiger partial charge in [0.05, 0.1) is 6.26 Å². The molecule has 0 aromatic rings. The van der Waals surface area contributed by atoms with Crippen molar-refractivity contribution in [1.82, 2.24) is 9.62 Å². The Morgan fingerprint density at radius 2 is 2.05 bits per heavy atom. The first kappa shape index (κ1) is 19.2. The molecule has 1 fully saturated rings. The molecule has 1 heterocycles. The normalized spacial score (nSPS) is 27.0. The molecular weight excluding hydrogens is 306 g/mol. The van der Waals surface area contributed by atoms with Crippen LogP contribution in [0.3, 0.4) is 0 Å². The Morgan fingerprint density at radius 1 is 1.45 bits per heavy atom. The van der Waals surface area contributed by atoms with E-state index in [-0.39, 0.29) is 11.5 Å². The summed E-state index contributed by atoms with van der Waals surface area (Å²) in [6.07, 6.45) is 2.75. The molecule has 0 radical (unpaired) electrons. The van der Waals surface area contributed by atoms with Crippen LogP contribution in [0.2, 0.25) is 0 Å². The predicted octanol–water partition coefficient (Wildman–Crippen LogP) is 1.20. The molecule has 0 spiro atoms. The van der Waals surface area contributed by atoms with Gasteiger partial charge in [-0.2, -0.15) is 0 Å². The van der Waals surface area contributed by atoms with Gasteiger partial charge in [0.2, 0.25) is 10.0 Å². The van der Waals surface area contributed by atoms with Crippen LogP contribution in [-0.2, 0) is 10.0 Å². The highest BCUT2D eigenvalue weighted by atomic mass is 32.2. The Bertz CT molecular complexity index is 501. The summed E-state index contributed by atoms with van der Waals surface area (Å²) in [5.74, 6) is 0. The van der Waals surface area contributed by atoms with Gasteiger partial charge >= 0.3 is 6.09 Å². The Kier molecular flexibility index (Phi) is 5.86. The Labute approximate surface area is 133 Å². The Morgan fingerprint density at radius 3 is 2.50 bits per heavy atom. The summed E-state index contributed by atoms with van der Waals surface area (Å²) in [6, 6.07) is -0.133. The molecule has 130 valence electrons. The van der Waals surface area contributed by atoms with E-state index in [1.165, 1.54) is 4.90 Å². The second-order valence-electron chi connectivity index (χ2n) is 7.44. The second-order valence-corrected chi connectivity index (χ2v) is 9.28. The van der Waals surface area contributed by atoms with Gasteiger partial charge in [0.15, 0.2) is 0 Å². The van der Waals surface area contributed by atoms with Gasteiger partial charge in [-0.25, -0.2) is 17.9 Å². The Hall–Kier alpha value is -0.860. The number of hydrogen-bond acceptors (Lipinski definition) is 4. The number of likely N-dealkylation sites (tertiary alicyclic amines) is 1. The second kappa shape index (κ2) is 6.72. The van der Waals surface area contributed by atoms with Crippen LogP contribution in [0, 0.1) is 5.41 Å². The van der Waals surface area contributed by atoms with Crippen LogP contribution in [0.1, 0.15) is 46.5 Å². The first-order valence-electron chi connectivity index (χ1n) is 7.57. The van der Waals surface area contributed by atoms with Crippen LogP contribution in [0.15, 0.2) is 0 Å². The molecule has 4 N–H and O–H groups in total. The van der Waals surface area contributed by atoms with Gasteiger partial charge in [0, 0.05) is 24.7 Å². The first-order chi connectivity index (χ1) is 9.84. The van der Waals surface area contributed by atoms with E-state index >= 15 is 0 Å². The van der Waals surface area contributed by atoms with Crippen molar-refractivity contribution >= 4 is 16.1 Å². The molecule has 8 heteroatoms. The Balaban J connectivity index is 2.66. The zero-order valence-corrected chi connectivity index (χ0v) is 14.7. The summed E-state index contributed by atoms with van der Waals surface area (Å²) in [5.41, 5.74) is 5.83. The maximum atomic E-state index is 11.4. The van der Waals surface area contributed by atoms with Gasteiger partial charge < -0.3 is 15.7 Å². The van der Waals surface area contributed by atoms with Crippen LogP contribution >= 0.6 is 0 Å². The van der Waals surface area contributed by atoms with Gasteiger partial charge in [-0.15, -0.1) is 0 Å². The van der Waals surface area contributed by atoms with E-state index in [0.717, 1.165) is 6.26 Å². The number of nitrogens with one attached hydrogen (secondary N) is 1. The average molecular weight is 335 g/mol. The van der Waals surface area contributed by atoms with Crippen molar-refractivity contribution in [3.63, 3.8) is 0 Å². The van der Waals surface area contributed by atoms with E-state index in [9.17, 15) is 18.3 Å². The van der Waals surface area contributed by atoms with Gasteiger partial charge in [-0.05, 0) is 31.1 Å². The van der Waals surface area contributed by atoms with E-state index < -0.39 is 21.7 Å². The molecule has 2 unspecified atom stereocenters. The molecule has 1 rings (SSSR count). The van der Waals surface area contributed by atoms with Crippen molar-refractivity contribution in [3.8, 4) is 0 Å². The number of rotatable bonds is 5. The predicted molar refractivity (Wildman–Crippen MR) is 86.2 cm³/mol. The maximum absolute atomic E-state index is 11.4. The van der Waals surface area contributed by atoms with Crippen molar-refractivity contribution in [2.45, 2.75) is 58.0 Å². The fourth-order valence-electron chi connectivity index (χ4n) is 3.02. The maximum Gasteiger partial charge on any atom is 0.407 e. The third-order valence-corrected chi connectivity index (χ3v) is 5.02. The lowest BCUT2D eigenvalue weighted by Crippen LogP contribution is -2.60. The van der Waals surface area contributed by atoms with E-state index in [0.29, 0.717) is 38.8 Å². The highest BCUT2D eigenvalue weighted by Gasteiger charge is 2.43. The molecule has 2 atom stereocenters. The minimum Gasteiger partial charge on any atom is -0.465 e. The number of nitrogens with zero attached hydrogens (tertiary/aromatic N) is 1. The number of carboxylic acid groups (broad SMARTS) is 1. The molecule has 0 aromatic heterocycles. The molecule has 22 heavy (non-hydrogen) atoms. The van der Waals surface area contributed by atoms with Crippen molar-refractivity contribution in [3.05, 3.63) is 0 Å². The van der Waals surface area contributed by atoms with Crippen LogP contribution < -0.4 is 10.5 Å². The van der Waals surface area contributed by atoms with Crippen LogP contribution in [-0.4, -0.2) is 55.4 Å². The van der Waals surface area contributed by atoms with E-state index in [2.05, 4.69) is 4.72 Å². The molecule has 0 aromatic carbocycles. The van der Waals surface area contributed by atoms with Crippen LogP contribution in [0.5, 0.6) is 0 Å². The van der Waals surface area contributed by atoms with E-state index in [1.54, 1.807) is 0 Å². The van der Waals surface area contributed by atoms with E-state index in [1.807, 2.05) is 20.8 Å². The number of piperidine rings is 1. The third kappa shape index (κ3) is 5.73. The standard InChI is InChI=1S/C14H29N3O4S/c1-13(2,3)11-10-14(15,7-9-17(11)12(18)19)6-5-8-16-22(4,20)21/h11,16H,5-10,15H2,1-4H3,(H,18,19). The largest absolute Gasteiger partial charge is 0.465 e. The van der Waals surface area contributed by atoms with Crippen molar-refractivity contribution in [2.75, 3.05) is 19.3 Å². The number of hydrogen-bond donors (Lipinski definition) is 3. The lowest BCUT2D eigenvalue weighted by atomic mass is 9.72. The topological polar surface area (TPSA) is 113 Å². The summed E-state index contributed by atoms with van der Waals surface area (Å²) in [6.45, 7) is 6.84. The first-order valence-corrected chi connectivity index (χ1v) is 9.46. The monoisotopic (exact) mass is 335 g/mol. The number of nitrogens with two attached hydrogens (primary N) is 1. The summed E-state index contributed by atoms with van der Waals surface area (Å²) in [5, 5.41) is 9.35. The number of amides is 1. The van der Waals surface area contributed by atoms with Gasteiger partial charge in [0.1, 0.15) is 0 Å². The SMILES string of the molecule is CC(C)(C)C1CC(N)(CCCNS(C)(=O)=O)CCN1C(=O)O. The van der Waals surface area contributed by atoms with E-state index in [4.69, 9.17) is 5.73 Å². The molecule has 0 bridgehead atoms. The highest BCUT2D eigenvalue weighted by molar-refractivity contribution is 7.88. The summed E-state index contributed by atoms with van der Waals surface area (Å²) >= 11 is 0. The molecule has 1 saturated heterocycles. The molecule has 1 aliphatic rings. The average Bonchev–Trinajstić information content (AvgIpc) is 2.32. The molecule has 1 amide bonds. The summed E-state index contributed by atoms with van der Waals surface area (Å²) in [7, 11) is -3.18. The lowest BCUT2D eigenvalue weighted by molar-refractivity contribution is 0.0296. The summed E-state index contributed by atoms with van der Waals surface area (Å²) < 4.78 is 24.6. The van der Waals surface area contributed by atoms with Gasteiger partial charge in [-0.1, -0.05) is 20.8 Å². The molecule has 1 aliphatic heterocycles. The minimum atomic E-state index is -3.18. The third-order valence-electron chi connectivity index (χ3n) is 4.29. The molecule has 0 aliphatic carbocycles. The minimum absolute atomic E-state index is 0.133. The lowest BCUT2D eigenvalue weighted by Gasteiger charge is -2.49. The number of carbonyl (C=O) groups is 1. The molecule has 7 nitrogen and oxygen atoms in total. The van der Waals surface area contributed by atoms with Crippen LogP contribution in [0.25, 0.3) is 0 Å². The fourth-order valence-corrected chi connectivity index (χ4v) is 3.54. The highest BCUT2D eigenvalue weighted by Crippen LogP contribution is 2.37. The van der Waals surface area contributed by atoms with Crippen molar-refractivity contribution in [2.24, 2.45) is 11.1 Å². The number of sulfonamides is 1. The molecular formula is C14H29N3O4S. The van der Waals surface area contributed by atoms with Crippen molar-refractivity contribution < 1.29 is 18.3 Å². The fraction of sp³-hybridized carbons (Fsp3) is 0.929. The van der Waals surface area contributed by atoms with Gasteiger partial charge in [-0.3, -0.25) is 0 Å². The zero-order valence-electron chi connectivity index (χ0n) is 13.9. The summed E-state index contributed by atoms with van der Waals surface area (Å²) in [4.78, 5) is 12.9. The molecule has 0 saturated carbocycles. The van der Waals surface area contributed by atoms with Gasteiger partial charge in [0.25, 0.3) is 0 Å². The zero-order chi connectivity index (χ0) is 17.2. The smallest absolute Gasteiger partial charge is 0.407 e.